The number of rotatable bonds is 6. The minimum Gasteiger partial charge on any atom is -0.354 e. The Bertz CT molecular complexity index is 349. The lowest BCUT2D eigenvalue weighted by molar-refractivity contribution is 0.567. The Labute approximate surface area is 104 Å². The van der Waals surface area contributed by atoms with E-state index in [1.54, 1.807) is 0 Å². The number of aryl methyl sites for hydroxylation is 1. The lowest BCUT2D eigenvalue weighted by Gasteiger charge is -2.13. The van der Waals surface area contributed by atoms with Crippen molar-refractivity contribution < 1.29 is 0 Å². The van der Waals surface area contributed by atoms with E-state index in [1.165, 1.54) is 0 Å². The first-order chi connectivity index (χ1) is 8.02. The molecular formula is C13H24N4. The van der Waals surface area contributed by atoms with E-state index in [0.717, 1.165) is 30.4 Å². The van der Waals surface area contributed by atoms with Crippen LogP contribution in [0.1, 0.15) is 38.1 Å². The number of anilines is 1. The normalized spacial score (nSPS) is 12.8. The molecule has 0 aromatic carbocycles. The Morgan fingerprint density at radius 3 is 2.47 bits per heavy atom. The highest BCUT2D eigenvalue weighted by atomic mass is 15.1. The fourth-order valence-corrected chi connectivity index (χ4v) is 1.65. The minimum atomic E-state index is 0.437. The van der Waals surface area contributed by atoms with Crippen molar-refractivity contribution in [1.29, 1.82) is 0 Å². The molecule has 0 aliphatic carbocycles. The highest BCUT2D eigenvalue weighted by Crippen LogP contribution is 2.14. The van der Waals surface area contributed by atoms with Crippen molar-refractivity contribution in [3.05, 3.63) is 17.5 Å². The van der Waals surface area contributed by atoms with Crippen LogP contribution in [0, 0.1) is 12.8 Å². The molecule has 0 spiro atoms. The molecule has 0 saturated carbocycles. The van der Waals surface area contributed by atoms with Crippen LogP contribution in [0.25, 0.3) is 0 Å². The van der Waals surface area contributed by atoms with Crippen molar-refractivity contribution in [2.75, 3.05) is 25.5 Å². The quantitative estimate of drug-likeness (QED) is 0.795. The van der Waals surface area contributed by atoms with Gasteiger partial charge in [-0.05, 0) is 38.4 Å². The van der Waals surface area contributed by atoms with Crippen molar-refractivity contribution in [2.24, 2.45) is 5.92 Å². The molecule has 96 valence electrons. The largest absolute Gasteiger partial charge is 0.354 e. The maximum atomic E-state index is 4.52. The van der Waals surface area contributed by atoms with Crippen LogP contribution in [-0.4, -0.2) is 30.1 Å². The van der Waals surface area contributed by atoms with Gasteiger partial charge in [0.05, 0.1) is 0 Å². The van der Waals surface area contributed by atoms with Crippen LogP contribution < -0.4 is 10.6 Å². The molecule has 0 radical (unpaired) electrons. The van der Waals surface area contributed by atoms with Crippen molar-refractivity contribution in [1.82, 2.24) is 15.3 Å². The van der Waals surface area contributed by atoms with E-state index in [4.69, 9.17) is 0 Å². The SMILES string of the molecule is CNCC(C)CNc1nc(C)cc(C(C)C)n1. The van der Waals surface area contributed by atoms with Gasteiger partial charge in [-0.3, -0.25) is 0 Å². The van der Waals surface area contributed by atoms with Crippen LogP contribution in [0.5, 0.6) is 0 Å². The summed E-state index contributed by atoms with van der Waals surface area (Å²) in [5.41, 5.74) is 2.12. The Morgan fingerprint density at radius 2 is 1.88 bits per heavy atom. The first-order valence-electron chi connectivity index (χ1n) is 6.27. The first-order valence-corrected chi connectivity index (χ1v) is 6.27. The number of nitrogens with zero attached hydrogens (tertiary/aromatic N) is 2. The molecule has 0 amide bonds. The fourth-order valence-electron chi connectivity index (χ4n) is 1.65. The molecule has 0 aliphatic heterocycles. The maximum absolute atomic E-state index is 4.52. The summed E-state index contributed by atoms with van der Waals surface area (Å²) in [6, 6.07) is 2.05. The van der Waals surface area contributed by atoms with Gasteiger partial charge in [0.15, 0.2) is 0 Å². The van der Waals surface area contributed by atoms with E-state index < -0.39 is 0 Å². The van der Waals surface area contributed by atoms with E-state index in [1.807, 2.05) is 20.0 Å². The molecule has 1 aromatic heterocycles. The lowest BCUT2D eigenvalue weighted by atomic mass is 10.1. The standard InChI is InChI=1S/C13H24N4/c1-9(2)12-6-11(4)16-13(17-12)15-8-10(3)7-14-5/h6,9-10,14H,7-8H2,1-5H3,(H,15,16,17). The van der Waals surface area contributed by atoms with Gasteiger partial charge in [0.2, 0.25) is 5.95 Å². The summed E-state index contributed by atoms with van der Waals surface area (Å²) < 4.78 is 0. The second-order valence-electron chi connectivity index (χ2n) is 4.96. The van der Waals surface area contributed by atoms with Crippen molar-refractivity contribution in [2.45, 2.75) is 33.6 Å². The molecule has 4 nitrogen and oxygen atoms in total. The molecule has 0 aliphatic rings. The maximum Gasteiger partial charge on any atom is 0.223 e. The topological polar surface area (TPSA) is 49.8 Å². The van der Waals surface area contributed by atoms with Crippen molar-refractivity contribution in [3.63, 3.8) is 0 Å². The van der Waals surface area contributed by atoms with Crippen LogP contribution in [0.4, 0.5) is 5.95 Å². The number of nitrogens with one attached hydrogen (secondary N) is 2. The molecule has 0 fully saturated rings. The fraction of sp³-hybridized carbons (Fsp3) is 0.692. The summed E-state index contributed by atoms with van der Waals surface area (Å²) >= 11 is 0. The summed E-state index contributed by atoms with van der Waals surface area (Å²) in [5, 5.41) is 6.47. The monoisotopic (exact) mass is 236 g/mol. The molecule has 1 heterocycles. The van der Waals surface area contributed by atoms with E-state index >= 15 is 0 Å². The van der Waals surface area contributed by atoms with Crippen LogP contribution in [0.2, 0.25) is 0 Å². The highest BCUT2D eigenvalue weighted by Gasteiger charge is 2.06. The van der Waals surface area contributed by atoms with Gasteiger partial charge in [0, 0.05) is 17.9 Å². The van der Waals surface area contributed by atoms with Crippen molar-refractivity contribution >= 4 is 5.95 Å². The second-order valence-corrected chi connectivity index (χ2v) is 4.96. The van der Waals surface area contributed by atoms with E-state index in [-0.39, 0.29) is 0 Å². The zero-order valence-electron chi connectivity index (χ0n) is 11.5. The first kappa shape index (κ1) is 13.9. The van der Waals surface area contributed by atoms with E-state index in [9.17, 15) is 0 Å². The van der Waals surface area contributed by atoms with Gasteiger partial charge >= 0.3 is 0 Å². The summed E-state index contributed by atoms with van der Waals surface area (Å²) in [7, 11) is 1.97. The van der Waals surface area contributed by atoms with Crippen LogP contribution in [-0.2, 0) is 0 Å². The van der Waals surface area contributed by atoms with Gasteiger partial charge in [-0.15, -0.1) is 0 Å². The van der Waals surface area contributed by atoms with Crippen molar-refractivity contribution in [3.8, 4) is 0 Å². The van der Waals surface area contributed by atoms with E-state index in [0.29, 0.717) is 11.8 Å². The summed E-state index contributed by atoms with van der Waals surface area (Å²) in [5.74, 6) is 1.75. The highest BCUT2D eigenvalue weighted by molar-refractivity contribution is 5.29. The molecule has 0 saturated heterocycles. The molecular weight excluding hydrogens is 212 g/mol. The molecule has 1 aromatic rings. The van der Waals surface area contributed by atoms with Gasteiger partial charge in [0.1, 0.15) is 0 Å². The van der Waals surface area contributed by atoms with Crippen LogP contribution in [0.15, 0.2) is 6.07 Å². The third-order valence-electron chi connectivity index (χ3n) is 2.63. The molecule has 1 atom stereocenters. The predicted octanol–water partition coefficient (Wildman–Crippen LogP) is 2.18. The average molecular weight is 236 g/mol. The van der Waals surface area contributed by atoms with E-state index in [2.05, 4.69) is 41.4 Å². The Kier molecular flexibility index (Phi) is 5.35. The predicted molar refractivity (Wildman–Crippen MR) is 72.4 cm³/mol. The second kappa shape index (κ2) is 6.55. The minimum absolute atomic E-state index is 0.437. The zero-order valence-corrected chi connectivity index (χ0v) is 11.5. The van der Waals surface area contributed by atoms with Gasteiger partial charge < -0.3 is 10.6 Å². The summed E-state index contributed by atoms with van der Waals surface area (Å²) in [6.45, 7) is 10.4. The number of aromatic nitrogens is 2. The molecule has 1 unspecified atom stereocenters. The average Bonchev–Trinajstić information content (AvgIpc) is 2.26. The van der Waals surface area contributed by atoms with Gasteiger partial charge in [-0.2, -0.15) is 0 Å². The Morgan fingerprint density at radius 1 is 1.18 bits per heavy atom. The molecule has 17 heavy (non-hydrogen) atoms. The van der Waals surface area contributed by atoms with Gasteiger partial charge in [-0.25, -0.2) is 9.97 Å². The molecule has 0 bridgehead atoms. The number of hydrogen-bond donors (Lipinski definition) is 2. The van der Waals surface area contributed by atoms with Crippen LogP contribution >= 0.6 is 0 Å². The van der Waals surface area contributed by atoms with Crippen LogP contribution in [0.3, 0.4) is 0 Å². The van der Waals surface area contributed by atoms with Gasteiger partial charge in [0.25, 0.3) is 0 Å². The third kappa shape index (κ3) is 4.69. The zero-order chi connectivity index (χ0) is 12.8. The third-order valence-corrected chi connectivity index (χ3v) is 2.63. The lowest BCUT2D eigenvalue weighted by Crippen LogP contribution is -2.23. The summed E-state index contributed by atoms with van der Waals surface area (Å²) in [4.78, 5) is 8.93. The molecule has 2 N–H and O–H groups in total. The number of hydrogen-bond acceptors (Lipinski definition) is 4. The Hall–Kier alpha value is -1.16. The molecule has 4 heteroatoms. The molecule has 1 rings (SSSR count). The smallest absolute Gasteiger partial charge is 0.223 e. The van der Waals surface area contributed by atoms with Gasteiger partial charge in [-0.1, -0.05) is 20.8 Å². The Balaban J connectivity index is 2.64. The summed E-state index contributed by atoms with van der Waals surface area (Å²) in [6.07, 6.45) is 0.